The molecule has 0 saturated carbocycles. The summed E-state index contributed by atoms with van der Waals surface area (Å²) in [6.45, 7) is -0.0468. The Balaban J connectivity index is 2.09. The van der Waals surface area contributed by atoms with E-state index >= 15 is 0 Å². The standard InChI is InChI=1S/C9H8O3S/c10-8-5-12-9(11)7(8)4-6-2-1-3-13-6/h1-3,7H,4-5H2. The fourth-order valence-electron chi connectivity index (χ4n) is 1.30. The first-order valence-electron chi connectivity index (χ1n) is 3.99. The van der Waals surface area contributed by atoms with Gasteiger partial charge in [0.05, 0.1) is 0 Å². The van der Waals surface area contributed by atoms with E-state index in [1.54, 1.807) is 11.3 Å². The van der Waals surface area contributed by atoms with E-state index in [1.165, 1.54) is 0 Å². The molecule has 0 bridgehead atoms. The summed E-state index contributed by atoms with van der Waals surface area (Å²) in [6, 6.07) is 3.83. The highest BCUT2D eigenvalue weighted by Crippen LogP contribution is 2.19. The average Bonchev–Trinajstić information content (AvgIpc) is 2.70. The Kier molecular flexibility index (Phi) is 2.14. The summed E-state index contributed by atoms with van der Waals surface area (Å²) in [6.07, 6.45) is 0.495. The molecule has 1 saturated heterocycles. The summed E-state index contributed by atoms with van der Waals surface area (Å²) < 4.78 is 4.64. The van der Waals surface area contributed by atoms with Crippen molar-refractivity contribution in [3.05, 3.63) is 22.4 Å². The third kappa shape index (κ3) is 1.62. The van der Waals surface area contributed by atoms with Crippen molar-refractivity contribution in [1.82, 2.24) is 0 Å². The molecule has 2 rings (SSSR count). The van der Waals surface area contributed by atoms with Crippen LogP contribution in [-0.4, -0.2) is 18.4 Å². The largest absolute Gasteiger partial charge is 0.457 e. The lowest BCUT2D eigenvalue weighted by Gasteiger charge is -2.00. The van der Waals surface area contributed by atoms with Crippen LogP contribution in [0.1, 0.15) is 4.88 Å². The van der Waals surface area contributed by atoms with Gasteiger partial charge < -0.3 is 4.74 Å². The number of hydrogen-bond acceptors (Lipinski definition) is 4. The third-order valence-corrected chi connectivity index (χ3v) is 2.91. The molecule has 3 nitrogen and oxygen atoms in total. The van der Waals surface area contributed by atoms with E-state index in [2.05, 4.69) is 4.74 Å². The van der Waals surface area contributed by atoms with Gasteiger partial charge in [-0.15, -0.1) is 11.3 Å². The molecule has 0 spiro atoms. The third-order valence-electron chi connectivity index (χ3n) is 2.02. The molecule has 1 aliphatic heterocycles. The zero-order valence-electron chi connectivity index (χ0n) is 6.86. The topological polar surface area (TPSA) is 43.4 Å². The van der Waals surface area contributed by atoms with E-state index in [9.17, 15) is 9.59 Å². The van der Waals surface area contributed by atoms with Crippen molar-refractivity contribution in [2.24, 2.45) is 5.92 Å². The predicted octanol–water partition coefficient (Wildman–Crippen LogP) is 1.03. The van der Waals surface area contributed by atoms with Gasteiger partial charge >= 0.3 is 5.97 Å². The molecule has 68 valence electrons. The minimum Gasteiger partial charge on any atom is -0.457 e. The molecular weight excluding hydrogens is 188 g/mol. The second kappa shape index (κ2) is 3.30. The first kappa shape index (κ1) is 8.44. The summed E-state index contributed by atoms with van der Waals surface area (Å²) in [5.41, 5.74) is 0. The lowest BCUT2D eigenvalue weighted by atomic mass is 10.0. The monoisotopic (exact) mass is 196 g/mol. The summed E-state index contributed by atoms with van der Waals surface area (Å²) >= 11 is 1.55. The van der Waals surface area contributed by atoms with Gasteiger partial charge in [0.15, 0.2) is 12.4 Å². The highest BCUT2D eigenvalue weighted by Gasteiger charge is 2.35. The number of carbonyl (C=O) groups is 2. The quantitative estimate of drug-likeness (QED) is 0.524. The maximum atomic E-state index is 11.2. The van der Waals surface area contributed by atoms with Crippen molar-refractivity contribution < 1.29 is 14.3 Å². The van der Waals surface area contributed by atoms with E-state index in [-0.39, 0.29) is 18.4 Å². The van der Waals surface area contributed by atoms with E-state index in [1.807, 2.05) is 17.5 Å². The van der Waals surface area contributed by atoms with Gasteiger partial charge in [-0.1, -0.05) is 6.07 Å². The van der Waals surface area contributed by atoms with E-state index < -0.39 is 5.92 Å². The number of carbonyl (C=O) groups excluding carboxylic acids is 2. The molecule has 0 radical (unpaired) electrons. The van der Waals surface area contributed by atoms with Crippen LogP contribution in [0.25, 0.3) is 0 Å². The summed E-state index contributed by atoms with van der Waals surface area (Å²) in [4.78, 5) is 23.3. The Morgan fingerprint density at radius 3 is 2.92 bits per heavy atom. The highest BCUT2D eigenvalue weighted by molar-refractivity contribution is 7.09. The van der Waals surface area contributed by atoms with Crippen molar-refractivity contribution in [3.8, 4) is 0 Å². The maximum Gasteiger partial charge on any atom is 0.317 e. The smallest absolute Gasteiger partial charge is 0.317 e. The molecule has 1 aliphatic rings. The zero-order valence-corrected chi connectivity index (χ0v) is 7.67. The number of hydrogen-bond donors (Lipinski definition) is 0. The Morgan fingerprint density at radius 1 is 1.54 bits per heavy atom. The van der Waals surface area contributed by atoms with Crippen LogP contribution < -0.4 is 0 Å². The molecule has 0 amide bonds. The molecule has 1 aromatic rings. The van der Waals surface area contributed by atoms with Crippen LogP contribution in [0.5, 0.6) is 0 Å². The lowest BCUT2D eigenvalue weighted by molar-refractivity contribution is -0.141. The summed E-state index contributed by atoms with van der Waals surface area (Å²) in [5, 5.41) is 1.93. The molecule has 2 heterocycles. The van der Waals surface area contributed by atoms with Crippen LogP contribution in [0, 0.1) is 5.92 Å². The SMILES string of the molecule is O=C1COC(=O)C1Cc1cccs1. The van der Waals surface area contributed by atoms with Crippen molar-refractivity contribution >= 4 is 23.1 Å². The fourth-order valence-corrected chi connectivity index (χ4v) is 2.05. The van der Waals surface area contributed by atoms with Crippen molar-refractivity contribution in [1.29, 1.82) is 0 Å². The minimum absolute atomic E-state index is 0.0468. The molecule has 0 N–H and O–H groups in total. The van der Waals surface area contributed by atoms with Gasteiger partial charge in [-0.2, -0.15) is 0 Å². The number of esters is 1. The number of Topliss-reactive ketones (excluding diaryl/α,β-unsaturated/α-hetero) is 1. The van der Waals surface area contributed by atoms with Gasteiger partial charge in [0.1, 0.15) is 5.92 Å². The molecule has 0 aromatic carbocycles. The molecule has 1 fully saturated rings. The molecule has 1 aromatic heterocycles. The van der Waals surface area contributed by atoms with Crippen LogP contribution in [0.15, 0.2) is 17.5 Å². The Hall–Kier alpha value is -1.16. The first-order valence-corrected chi connectivity index (χ1v) is 4.87. The molecule has 1 atom stereocenters. The molecular formula is C9H8O3S. The van der Waals surface area contributed by atoms with Gasteiger partial charge in [0, 0.05) is 11.3 Å². The fraction of sp³-hybridized carbons (Fsp3) is 0.333. The molecule has 13 heavy (non-hydrogen) atoms. The number of cyclic esters (lactones) is 1. The highest BCUT2D eigenvalue weighted by atomic mass is 32.1. The summed E-state index contributed by atoms with van der Waals surface area (Å²) in [7, 11) is 0. The van der Waals surface area contributed by atoms with Crippen LogP contribution in [0.3, 0.4) is 0 Å². The second-order valence-electron chi connectivity index (χ2n) is 2.91. The Labute approximate surface area is 79.3 Å². The van der Waals surface area contributed by atoms with Crippen molar-refractivity contribution in [2.75, 3.05) is 6.61 Å². The maximum absolute atomic E-state index is 11.2. The zero-order chi connectivity index (χ0) is 9.26. The first-order chi connectivity index (χ1) is 6.27. The lowest BCUT2D eigenvalue weighted by Crippen LogP contribution is -2.17. The van der Waals surface area contributed by atoms with Crippen LogP contribution in [-0.2, 0) is 20.7 Å². The van der Waals surface area contributed by atoms with Gasteiger partial charge in [0.25, 0.3) is 0 Å². The number of thiophene rings is 1. The number of rotatable bonds is 2. The summed E-state index contributed by atoms with van der Waals surface area (Å²) in [5.74, 6) is -1.03. The number of ketones is 1. The van der Waals surface area contributed by atoms with Crippen LogP contribution >= 0.6 is 11.3 Å². The van der Waals surface area contributed by atoms with Crippen molar-refractivity contribution in [2.45, 2.75) is 6.42 Å². The van der Waals surface area contributed by atoms with Gasteiger partial charge in [-0.05, 0) is 11.4 Å². The van der Waals surface area contributed by atoms with Crippen LogP contribution in [0.2, 0.25) is 0 Å². The number of ether oxygens (including phenoxy) is 1. The van der Waals surface area contributed by atoms with Crippen LogP contribution in [0.4, 0.5) is 0 Å². The second-order valence-corrected chi connectivity index (χ2v) is 3.94. The van der Waals surface area contributed by atoms with E-state index in [0.29, 0.717) is 6.42 Å². The minimum atomic E-state index is -0.557. The van der Waals surface area contributed by atoms with E-state index in [4.69, 9.17) is 0 Å². The normalized spacial score (nSPS) is 22.0. The molecule has 4 heteroatoms. The molecule has 1 unspecified atom stereocenters. The van der Waals surface area contributed by atoms with Gasteiger partial charge in [0.2, 0.25) is 0 Å². The molecule has 0 aliphatic carbocycles. The van der Waals surface area contributed by atoms with Crippen molar-refractivity contribution in [3.63, 3.8) is 0 Å². The van der Waals surface area contributed by atoms with E-state index in [0.717, 1.165) is 4.88 Å². The average molecular weight is 196 g/mol. The predicted molar refractivity (Wildman–Crippen MR) is 47.5 cm³/mol. The Bertz CT molecular complexity index is 313. The Morgan fingerprint density at radius 2 is 2.38 bits per heavy atom. The van der Waals surface area contributed by atoms with Gasteiger partial charge in [-0.3, -0.25) is 9.59 Å². The van der Waals surface area contributed by atoms with Gasteiger partial charge in [-0.25, -0.2) is 0 Å².